The number of fused-ring (bicyclic) bond motifs is 2. The van der Waals surface area contributed by atoms with Crippen LogP contribution in [0.4, 0.5) is 0 Å². The highest BCUT2D eigenvalue weighted by atomic mass is 35.5. The Morgan fingerprint density at radius 1 is 1.05 bits per heavy atom. The van der Waals surface area contributed by atoms with E-state index >= 15 is 0 Å². The average molecular weight is 523 g/mol. The third-order valence-corrected chi connectivity index (χ3v) is 7.51. The maximum absolute atomic E-state index is 13.5. The Hall–Kier alpha value is -3.96. The van der Waals surface area contributed by atoms with Crippen molar-refractivity contribution in [3.05, 3.63) is 99.7 Å². The summed E-state index contributed by atoms with van der Waals surface area (Å²) in [5.74, 6) is -0.283. The van der Waals surface area contributed by atoms with E-state index in [1.54, 1.807) is 6.21 Å². The monoisotopic (exact) mass is 522 g/mol. The lowest BCUT2D eigenvalue weighted by Gasteiger charge is -2.16. The highest BCUT2D eigenvalue weighted by molar-refractivity contribution is 6.30. The number of nitrogens with zero attached hydrogens (tertiary/aromatic N) is 3. The summed E-state index contributed by atoms with van der Waals surface area (Å²) >= 11 is 6.08. The molecule has 0 aliphatic carbocycles. The molecule has 5 rings (SSSR count). The molecule has 38 heavy (non-hydrogen) atoms. The predicted octanol–water partition coefficient (Wildman–Crippen LogP) is 8.17. The molecule has 0 radical (unpaired) electrons. The van der Waals surface area contributed by atoms with Crippen LogP contribution in [0.2, 0.25) is 5.02 Å². The third-order valence-electron chi connectivity index (χ3n) is 7.26. The number of carbonyl (C=O) groups excluding carboxylic acids is 1. The van der Waals surface area contributed by atoms with Gasteiger partial charge in [-0.2, -0.15) is 5.10 Å². The van der Waals surface area contributed by atoms with Crippen LogP contribution in [0.1, 0.15) is 59.1 Å². The number of pyridine rings is 1. The maximum Gasteiger partial charge on any atom is 0.272 e. The average Bonchev–Trinajstić information content (AvgIpc) is 3.20. The summed E-state index contributed by atoms with van der Waals surface area (Å²) in [6.07, 6.45) is 2.79. The molecule has 2 aromatic heterocycles. The Morgan fingerprint density at radius 3 is 2.55 bits per heavy atom. The maximum atomic E-state index is 13.5. The number of para-hydroxylation sites is 1. The van der Waals surface area contributed by atoms with E-state index in [0.717, 1.165) is 45.1 Å². The van der Waals surface area contributed by atoms with E-state index in [2.05, 4.69) is 61.0 Å². The molecule has 1 amide bonds. The van der Waals surface area contributed by atoms with Gasteiger partial charge in [-0.3, -0.25) is 4.79 Å². The topological polar surface area (TPSA) is 59.3 Å². The first-order valence-electron chi connectivity index (χ1n) is 12.9. The molecule has 3 aromatic carbocycles. The number of hydrogen-bond acceptors (Lipinski definition) is 3. The fraction of sp³-hybridized carbons (Fsp3) is 0.219. The molecular weight excluding hydrogens is 492 g/mol. The molecule has 0 saturated carbocycles. The Morgan fingerprint density at radius 2 is 1.82 bits per heavy atom. The van der Waals surface area contributed by atoms with E-state index in [1.165, 1.54) is 11.1 Å². The van der Waals surface area contributed by atoms with Crippen molar-refractivity contribution in [2.24, 2.45) is 5.10 Å². The summed E-state index contributed by atoms with van der Waals surface area (Å²) in [6.45, 7) is 10.7. The molecule has 0 spiro atoms. The van der Waals surface area contributed by atoms with Crippen molar-refractivity contribution < 1.29 is 4.79 Å². The van der Waals surface area contributed by atoms with Gasteiger partial charge >= 0.3 is 0 Å². The highest BCUT2D eigenvalue weighted by Gasteiger charge is 2.18. The molecule has 5 aromatic rings. The molecule has 192 valence electrons. The summed E-state index contributed by atoms with van der Waals surface area (Å²) in [6, 6.07) is 21.9. The van der Waals surface area contributed by atoms with Crippen LogP contribution < -0.4 is 5.43 Å². The molecule has 1 N–H and O–H groups in total. The number of amides is 1. The molecule has 1 atom stereocenters. The molecular formula is C32H31ClN4O. The van der Waals surface area contributed by atoms with Gasteiger partial charge in [0, 0.05) is 38.7 Å². The smallest absolute Gasteiger partial charge is 0.272 e. The molecule has 0 bridgehead atoms. The number of aryl methyl sites for hydroxylation is 2. The lowest BCUT2D eigenvalue weighted by atomic mass is 10.0. The van der Waals surface area contributed by atoms with Gasteiger partial charge in [0.1, 0.15) is 0 Å². The fourth-order valence-corrected chi connectivity index (χ4v) is 5.22. The summed E-state index contributed by atoms with van der Waals surface area (Å²) in [7, 11) is 0. The largest absolute Gasteiger partial charge is 0.341 e. The van der Waals surface area contributed by atoms with Gasteiger partial charge in [0.05, 0.1) is 28.5 Å². The SMILES string of the molecule is CC[C@@H](C)n1c(C)c(/C=N/NC(=O)c2cc(-c3ccc(Cl)cc3)nc3ccc(C)cc23)c2cccc(C)c21. The molecule has 5 nitrogen and oxygen atoms in total. The second-order valence-electron chi connectivity index (χ2n) is 9.88. The van der Waals surface area contributed by atoms with E-state index in [1.807, 2.05) is 55.5 Å². The van der Waals surface area contributed by atoms with Crippen LogP contribution in [0.5, 0.6) is 0 Å². The van der Waals surface area contributed by atoms with E-state index in [9.17, 15) is 4.79 Å². The van der Waals surface area contributed by atoms with Gasteiger partial charge in [0.25, 0.3) is 5.91 Å². The highest BCUT2D eigenvalue weighted by Crippen LogP contribution is 2.31. The molecule has 0 aliphatic heterocycles. The minimum atomic E-state index is -0.283. The van der Waals surface area contributed by atoms with Crippen LogP contribution in [-0.2, 0) is 0 Å². The van der Waals surface area contributed by atoms with Gasteiger partial charge in [-0.05, 0) is 70.0 Å². The Balaban J connectivity index is 1.53. The van der Waals surface area contributed by atoms with Crippen molar-refractivity contribution in [3.8, 4) is 11.3 Å². The third kappa shape index (κ3) is 4.70. The standard InChI is InChI=1S/C32H31ClN4O/c1-6-21(4)37-22(5)28(25-9-7-8-20(3)31(25)37)18-34-36-32(38)27-17-30(23-11-13-24(33)14-12-23)35-29-15-10-19(2)16-26(27)29/h7-18,21H,6H2,1-5H3,(H,36,38)/b34-18+/t21-/m1/s1. The zero-order chi connectivity index (χ0) is 27.0. The number of nitrogens with one attached hydrogen (secondary N) is 1. The second-order valence-corrected chi connectivity index (χ2v) is 10.3. The molecule has 0 unspecified atom stereocenters. The lowest BCUT2D eigenvalue weighted by Crippen LogP contribution is -2.18. The van der Waals surface area contributed by atoms with Gasteiger partial charge in [-0.15, -0.1) is 0 Å². The van der Waals surface area contributed by atoms with Gasteiger partial charge in [-0.25, -0.2) is 10.4 Å². The predicted molar refractivity (Wildman–Crippen MR) is 158 cm³/mol. The van der Waals surface area contributed by atoms with E-state index in [-0.39, 0.29) is 5.91 Å². The van der Waals surface area contributed by atoms with Gasteiger partial charge < -0.3 is 4.57 Å². The van der Waals surface area contributed by atoms with Crippen LogP contribution in [0, 0.1) is 20.8 Å². The number of aromatic nitrogens is 2. The number of hydrogen-bond donors (Lipinski definition) is 1. The van der Waals surface area contributed by atoms with Gasteiger partial charge in [-0.1, -0.05) is 60.5 Å². The molecule has 0 saturated heterocycles. The first-order chi connectivity index (χ1) is 18.3. The van der Waals surface area contributed by atoms with Crippen molar-refractivity contribution in [1.82, 2.24) is 15.0 Å². The normalized spacial score (nSPS) is 12.5. The first kappa shape index (κ1) is 25.7. The number of carbonyl (C=O) groups is 1. The number of benzene rings is 3. The van der Waals surface area contributed by atoms with Crippen molar-refractivity contribution in [1.29, 1.82) is 0 Å². The van der Waals surface area contributed by atoms with Crippen molar-refractivity contribution in [2.75, 3.05) is 0 Å². The molecule has 2 heterocycles. The Labute approximate surface area is 228 Å². The van der Waals surface area contributed by atoms with Crippen LogP contribution in [0.15, 0.2) is 71.8 Å². The minimum absolute atomic E-state index is 0.283. The van der Waals surface area contributed by atoms with Crippen LogP contribution in [-0.4, -0.2) is 21.7 Å². The van der Waals surface area contributed by atoms with Crippen LogP contribution in [0.3, 0.4) is 0 Å². The second kappa shape index (κ2) is 10.4. The summed E-state index contributed by atoms with van der Waals surface area (Å²) < 4.78 is 2.38. The van der Waals surface area contributed by atoms with Gasteiger partial charge in [0.15, 0.2) is 0 Å². The van der Waals surface area contributed by atoms with Crippen LogP contribution >= 0.6 is 11.6 Å². The summed E-state index contributed by atoms with van der Waals surface area (Å²) in [5.41, 5.74) is 11.3. The minimum Gasteiger partial charge on any atom is -0.341 e. The number of hydrazone groups is 1. The molecule has 0 aliphatic rings. The molecule has 6 heteroatoms. The fourth-order valence-electron chi connectivity index (χ4n) is 5.10. The summed E-state index contributed by atoms with van der Waals surface area (Å²) in [5, 5.41) is 7.00. The zero-order valence-corrected chi connectivity index (χ0v) is 23.1. The molecule has 0 fully saturated rings. The Kier molecular flexibility index (Phi) is 7.04. The quantitative estimate of drug-likeness (QED) is 0.180. The van der Waals surface area contributed by atoms with Crippen molar-refractivity contribution >= 4 is 45.5 Å². The Bertz CT molecular complexity index is 1700. The summed E-state index contributed by atoms with van der Waals surface area (Å²) in [4.78, 5) is 18.3. The van der Waals surface area contributed by atoms with Crippen molar-refractivity contribution in [3.63, 3.8) is 0 Å². The van der Waals surface area contributed by atoms with Crippen LogP contribution in [0.25, 0.3) is 33.1 Å². The van der Waals surface area contributed by atoms with Crippen molar-refractivity contribution in [2.45, 2.75) is 47.1 Å². The zero-order valence-electron chi connectivity index (χ0n) is 22.3. The number of rotatable bonds is 6. The van der Waals surface area contributed by atoms with E-state index in [0.29, 0.717) is 22.3 Å². The van der Waals surface area contributed by atoms with E-state index in [4.69, 9.17) is 16.6 Å². The first-order valence-corrected chi connectivity index (χ1v) is 13.3. The lowest BCUT2D eigenvalue weighted by molar-refractivity contribution is 0.0956. The van der Waals surface area contributed by atoms with Gasteiger partial charge in [0.2, 0.25) is 0 Å². The number of halogens is 1. The van der Waals surface area contributed by atoms with E-state index < -0.39 is 0 Å².